The Bertz CT molecular complexity index is 518. The molecule has 6 atom stereocenters. The zero-order valence-corrected chi connectivity index (χ0v) is 15.3. The Kier molecular flexibility index (Phi) is 4.33. The van der Waals surface area contributed by atoms with Crippen LogP contribution in [0, 0.1) is 35.0 Å². The molecular weight excluding hydrogens is 306 g/mol. The minimum atomic E-state index is -0.711. The number of amides is 1. The lowest BCUT2D eigenvalue weighted by Gasteiger charge is -2.62. The van der Waals surface area contributed by atoms with Crippen LogP contribution in [0.15, 0.2) is 0 Å². The summed E-state index contributed by atoms with van der Waals surface area (Å²) in [5.74, 6) is 1.25. The van der Waals surface area contributed by atoms with E-state index in [1.807, 2.05) is 27.7 Å². The highest BCUT2D eigenvalue weighted by atomic mass is 16.6. The van der Waals surface area contributed by atoms with E-state index in [4.69, 9.17) is 4.74 Å². The Morgan fingerprint density at radius 2 is 1.96 bits per heavy atom. The van der Waals surface area contributed by atoms with Crippen molar-refractivity contribution in [3.8, 4) is 0 Å². The molecule has 0 spiro atoms. The number of fused-ring (bicyclic) bond motifs is 1. The van der Waals surface area contributed by atoms with Crippen molar-refractivity contribution in [2.45, 2.75) is 65.4 Å². The lowest BCUT2D eigenvalue weighted by Crippen LogP contribution is -2.64. The van der Waals surface area contributed by atoms with E-state index in [1.165, 1.54) is 12.8 Å². The fraction of sp³-hybridized carbons (Fsp3) is 0.895. The molecule has 0 radical (unpaired) electrons. The van der Waals surface area contributed by atoms with Gasteiger partial charge in [0.25, 0.3) is 0 Å². The number of carboxylic acid groups (broad SMARTS) is 1. The van der Waals surface area contributed by atoms with Crippen molar-refractivity contribution in [3.63, 3.8) is 0 Å². The Labute approximate surface area is 144 Å². The van der Waals surface area contributed by atoms with Crippen LogP contribution in [0.25, 0.3) is 0 Å². The molecule has 2 bridgehead atoms. The Hall–Kier alpha value is -1.26. The Morgan fingerprint density at radius 1 is 1.25 bits per heavy atom. The van der Waals surface area contributed by atoms with Crippen molar-refractivity contribution in [1.82, 2.24) is 5.32 Å². The van der Waals surface area contributed by atoms with Gasteiger partial charge in [0, 0.05) is 12.0 Å². The van der Waals surface area contributed by atoms with Gasteiger partial charge in [-0.3, -0.25) is 4.79 Å². The van der Waals surface area contributed by atoms with Crippen LogP contribution in [0.3, 0.4) is 0 Å². The quantitative estimate of drug-likeness (QED) is 0.802. The molecule has 2 unspecified atom stereocenters. The van der Waals surface area contributed by atoms with Gasteiger partial charge in [0.2, 0.25) is 0 Å². The summed E-state index contributed by atoms with van der Waals surface area (Å²) in [4.78, 5) is 24.1. The molecule has 0 saturated heterocycles. The first-order valence-corrected chi connectivity index (χ1v) is 9.38. The van der Waals surface area contributed by atoms with Crippen molar-refractivity contribution in [2.24, 2.45) is 35.0 Å². The molecule has 3 aliphatic rings. The van der Waals surface area contributed by atoms with Crippen LogP contribution in [0.5, 0.6) is 0 Å². The van der Waals surface area contributed by atoms with E-state index in [-0.39, 0.29) is 11.3 Å². The van der Waals surface area contributed by atoms with E-state index in [2.05, 4.69) is 5.32 Å². The summed E-state index contributed by atoms with van der Waals surface area (Å²) in [6.07, 6.45) is 4.93. The first-order valence-electron chi connectivity index (χ1n) is 9.38. The van der Waals surface area contributed by atoms with Gasteiger partial charge in [0.05, 0.1) is 5.92 Å². The van der Waals surface area contributed by atoms with Crippen molar-refractivity contribution in [1.29, 1.82) is 0 Å². The average Bonchev–Trinajstić information content (AvgIpc) is 2.63. The standard InChI is InChI=1S/C19H31NO4/c1-5-13(16(21)22)19(10-20-17(23)24-18(2,3)4)14-7-6-11-8-12(14)15(19)9-11/h11-15H,5-10H2,1-4H3,(H,20,23)(H,21,22)/t11?,12-,13?,14+,15-,19+/m0/s1. The summed E-state index contributed by atoms with van der Waals surface area (Å²) in [5.41, 5.74) is -0.824. The summed E-state index contributed by atoms with van der Waals surface area (Å²) in [5, 5.41) is 12.8. The smallest absolute Gasteiger partial charge is 0.407 e. The molecule has 24 heavy (non-hydrogen) atoms. The number of ether oxygens (including phenoxy) is 1. The summed E-state index contributed by atoms with van der Waals surface area (Å²) >= 11 is 0. The second kappa shape index (κ2) is 5.92. The van der Waals surface area contributed by atoms with Crippen LogP contribution in [0.4, 0.5) is 4.79 Å². The number of alkyl carbamates (subject to hydrolysis) is 1. The van der Waals surface area contributed by atoms with Gasteiger partial charge in [-0.1, -0.05) is 13.3 Å². The fourth-order valence-electron chi connectivity index (χ4n) is 6.16. The summed E-state index contributed by atoms with van der Waals surface area (Å²) in [6.45, 7) is 7.92. The molecule has 0 heterocycles. The second-order valence-electron chi connectivity index (χ2n) is 9.06. The van der Waals surface area contributed by atoms with E-state index in [1.54, 1.807) is 0 Å². The molecule has 5 nitrogen and oxygen atoms in total. The lowest BCUT2D eigenvalue weighted by atomic mass is 9.42. The number of carbonyl (C=O) groups excluding carboxylic acids is 1. The molecule has 3 rings (SSSR count). The molecule has 3 fully saturated rings. The van der Waals surface area contributed by atoms with Crippen molar-refractivity contribution < 1.29 is 19.4 Å². The maximum Gasteiger partial charge on any atom is 0.407 e. The van der Waals surface area contributed by atoms with E-state index in [0.717, 1.165) is 18.8 Å². The number of hydrogen-bond acceptors (Lipinski definition) is 3. The van der Waals surface area contributed by atoms with Crippen LogP contribution >= 0.6 is 0 Å². The van der Waals surface area contributed by atoms with Crippen molar-refractivity contribution in [2.75, 3.05) is 6.54 Å². The molecule has 3 saturated carbocycles. The summed E-state index contributed by atoms with van der Waals surface area (Å²) in [6, 6.07) is 0. The molecular formula is C19H31NO4. The minimum Gasteiger partial charge on any atom is -0.481 e. The first kappa shape index (κ1) is 17.6. The molecule has 2 N–H and O–H groups in total. The predicted molar refractivity (Wildman–Crippen MR) is 90.5 cm³/mol. The van der Waals surface area contributed by atoms with Gasteiger partial charge in [-0.05, 0) is 70.1 Å². The molecule has 3 aliphatic carbocycles. The minimum absolute atomic E-state index is 0.284. The summed E-state index contributed by atoms with van der Waals surface area (Å²) in [7, 11) is 0. The monoisotopic (exact) mass is 337 g/mol. The number of aliphatic carboxylic acids is 1. The van der Waals surface area contributed by atoms with Gasteiger partial charge in [-0.15, -0.1) is 0 Å². The topological polar surface area (TPSA) is 75.6 Å². The van der Waals surface area contributed by atoms with E-state index in [9.17, 15) is 14.7 Å². The van der Waals surface area contributed by atoms with E-state index < -0.39 is 17.7 Å². The van der Waals surface area contributed by atoms with Gasteiger partial charge >= 0.3 is 12.1 Å². The highest BCUT2D eigenvalue weighted by molar-refractivity contribution is 5.72. The number of hydrogen-bond donors (Lipinski definition) is 2. The fourth-order valence-corrected chi connectivity index (χ4v) is 6.16. The maximum atomic E-state index is 12.1. The van der Waals surface area contributed by atoms with Gasteiger partial charge in [0.1, 0.15) is 5.60 Å². The van der Waals surface area contributed by atoms with E-state index >= 15 is 0 Å². The molecule has 0 aromatic heterocycles. The number of carbonyl (C=O) groups is 2. The molecule has 0 aromatic carbocycles. The number of carboxylic acids is 1. The summed E-state index contributed by atoms with van der Waals surface area (Å²) < 4.78 is 5.37. The van der Waals surface area contributed by atoms with Crippen LogP contribution in [0.1, 0.15) is 59.8 Å². The Balaban J connectivity index is 1.80. The third kappa shape index (κ3) is 2.70. The average molecular weight is 337 g/mol. The molecule has 5 heteroatoms. The van der Waals surface area contributed by atoms with Crippen LogP contribution < -0.4 is 5.32 Å². The SMILES string of the molecule is CCC(C(=O)O)[C@]1(CNC(=O)OC(C)(C)C)[C@@H]2CCC3C[C@@H]2[C@@H]1C3. The van der Waals surface area contributed by atoms with E-state index in [0.29, 0.717) is 30.7 Å². The zero-order valence-electron chi connectivity index (χ0n) is 15.3. The zero-order chi connectivity index (χ0) is 17.7. The first-order chi connectivity index (χ1) is 11.2. The molecule has 0 aromatic rings. The molecule has 136 valence electrons. The highest BCUT2D eigenvalue weighted by Crippen LogP contribution is 2.72. The largest absolute Gasteiger partial charge is 0.481 e. The van der Waals surface area contributed by atoms with Crippen molar-refractivity contribution in [3.05, 3.63) is 0 Å². The molecule has 1 amide bonds. The maximum absolute atomic E-state index is 12.1. The number of nitrogens with one attached hydrogen (secondary N) is 1. The highest BCUT2D eigenvalue weighted by Gasteiger charge is 2.69. The second-order valence-corrected chi connectivity index (χ2v) is 9.06. The normalized spacial score (nSPS) is 38.2. The molecule has 0 aliphatic heterocycles. The van der Waals surface area contributed by atoms with Crippen molar-refractivity contribution >= 4 is 12.1 Å². The number of rotatable bonds is 5. The van der Waals surface area contributed by atoms with Crippen LogP contribution in [-0.2, 0) is 9.53 Å². The third-order valence-electron chi connectivity index (χ3n) is 6.79. The van der Waals surface area contributed by atoms with Gasteiger partial charge in [-0.2, -0.15) is 0 Å². The Morgan fingerprint density at radius 3 is 2.54 bits per heavy atom. The van der Waals surface area contributed by atoms with Gasteiger partial charge < -0.3 is 15.2 Å². The van der Waals surface area contributed by atoms with Gasteiger partial charge in [0.15, 0.2) is 0 Å². The van der Waals surface area contributed by atoms with Crippen LogP contribution in [0.2, 0.25) is 0 Å². The predicted octanol–water partition coefficient (Wildman–Crippen LogP) is 3.67. The van der Waals surface area contributed by atoms with Gasteiger partial charge in [-0.25, -0.2) is 4.79 Å². The van der Waals surface area contributed by atoms with Crippen LogP contribution in [-0.4, -0.2) is 29.3 Å². The third-order valence-corrected chi connectivity index (χ3v) is 6.79. The lowest BCUT2D eigenvalue weighted by molar-refractivity contribution is -0.179.